The molecule has 10 heavy (non-hydrogen) atoms. The van der Waals surface area contributed by atoms with E-state index in [1.807, 2.05) is 18.2 Å². The third kappa shape index (κ3) is 3.23. The fourth-order valence-electron chi connectivity index (χ4n) is 0.477. The number of hydrogen-bond donors (Lipinski definition) is 0. The van der Waals surface area contributed by atoms with Crippen LogP contribution in [0.5, 0.6) is 0 Å². The van der Waals surface area contributed by atoms with Gasteiger partial charge in [-0.15, -0.1) is 0 Å². The Balaban J connectivity index is 0.000000810. The van der Waals surface area contributed by atoms with Crippen molar-refractivity contribution in [1.29, 1.82) is 0 Å². The summed E-state index contributed by atoms with van der Waals surface area (Å²) in [5.74, 6) is 0. The van der Waals surface area contributed by atoms with Crippen molar-refractivity contribution in [3.05, 3.63) is 32.2 Å². The largest absolute Gasteiger partial charge is 0.0819 e. The summed E-state index contributed by atoms with van der Waals surface area (Å²) in [6, 6.07) is 5.71. The average molecular weight is 309 g/mol. The summed E-state index contributed by atoms with van der Waals surface area (Å²) in [5.41, 5.74) is 0. The molecule has 0 saturated heterocycles. The summed E-state index contributed by atoms with van der Waals surface area (Å²) in [6.45, 7) is 0. The minimum atomic E-state index is 0. The zero-order valence-corrected chi connectivity index (χ0v) is 12.4. The summed E-state index contributed by atoms with van der Waals surface area (Å²) in [5, 5.41) is 0.720. The molecule has 4 heteroatoms. The Kier molecular flexibility index (Phi) is 6.90. The fraction of sp³-hybridized carbons (Fsp3) is 0. The molecule has 0 bridgehead atoms. The van der Waals surface area contributed by atoms with Crippen molar-refractivity contribution >= 4 is 94.8 Å². The first-order valence-electron chi connectivity index (χ1n) is 2.31. The molecule has 1 rings (SSSR count). The first-order valence-corrected chi connectivity index (χ1v) is 4.27. The van der Waals surface area contributed by atoms with Crippen molar-refractivity contribution in [2.45, 2.75) is 0 Å². The van der Waals surface area contributed by atoms with Crippen LogP contribution in [0.25, 0.3) is 0 Å². The van der Waals surface area contributed by atoms with Gasteiger partial charge in [-0.25, -0.2) is 0 Å². The van der Waals surface area contributed by atoms with E-state index in [-0.39, 0.29) is 51.4 Å². The molecular weight excluding hydrogens is 306 g/mol. The molecule has 0 aromatic heterocycles. The van der Waals surface area contributed by atoms with Gasteiger partial charge in [0, 0.05) is 60.3 Å². The molecule has 0 aliphatic carbocycles. The van der Waals surface area contributed by atoms with Crippen LogP contribution in [0.4, 0.5) is 0 Å². The first-order chi connectivity index (χ1) is 4.22. The third-order valence-electron chi connectivity index (χ3n) is 0.904. The van der Waals surface area contributed by atoms with Gasteiger partial charge in [-0.1, -0.05) is 17.7 Å². The molecule has 0 fully saturated rings. The molecule has 0 heterocycles. The van der Waals surface area contributed by atoms with Gasteiger partial charge in [0.15, 0.2) is 0 Å². The van der Waals surface area contributed by atoms with Gasteiger partial charge in [-0.05, 0) is 44.0 Å². The van der Waals surface area contributed by atoms with Crippen LogP contribution in [-0.4, -0.2) is 51.4 Å². The van der Waals surface area contributed by atoms with E-state index in [0.29, 0.717) is 0 Å². The molecule has 1 aromatic carbocycles. The zero-order chi connectivity index (χ0) is 6.85. The SMILES string of the molecule is Clc1c(Br)cccc1Br.[K]. The standard InChI is InChI=1S/C6H3Br2Cl.K/c7-4-2-1-3-5(8)6(4)9;/h1-3H;. The Morgan fingerprint density at radius 1 is 1.10 bits per heavy atom. The van der Waals surface area contributed by atoms with Gasteiger partial charge >= 0.3 is 0 Å². The maximum Gasteiger partial charge on any atom is 0.0690 e. The monoisotopic (exact) mass is 307 g/mol. The predicted octanol–water partition coefficient (Wildman–Crippen LogP) is 3.48. The molecular formula is C6H3Br2ClK. The van der Waals surface area contributed by atoms with Crippen molar-refractivity contribution in [3.8, 4) is 0 Å². The van der Waals surface area contributed by atoms with Crippen LogP contribution in [0.2, 0.25) is 5.02 Å². The molecule has 0 aliphatic rings. The maximum atomic E-state index is 5.78. The van der Waals surface area contributed by atoms with E-state index in [4.69, 9.17) is 11.6 Å². The topological polar surface area (TPSA) is 0 Å². The average Bonchev–Trinajstić information content (AvgIpc) is 1.83. The van der Waals surface area contributed by atoms with Crippen molar-refractivity contribution in [2.75, 3.05) is 0 Å². The smallest absolute Gasteiger partial charge is 0.0690 e. The zero-order valence-electron chi connectivity index (χ0n) is 5.37. The molecule has 1 radical (unpaired) electrons. The second kappa shape index (κ2) is 5.70. The summed E-state index contributed by atoms with van der Waals surface area (Å²) in [4.78, 5) is 0. The van der Waals surface area contributed by atoms with Crippen LogP contribution in [0.1, 0.15) is 0 Å². The fourth-order valence-corrected chi connectivity index (χ4v) is 1.60. The van der Waals surface area contributed by atoms with Gasteiger partial charge in [0.2, 0.25) is 0 Å². The van der Waals surface area contributed by atoms with Crippen molar-refractivity contribution in [2.24, 2.45) is 0 Å². The van der Waals surface area contributed by atoms with Crippen molar-refractivity contribution < 1.29 is 0 Å². The summed E-state index contributed by atoms with van der Waals surface area (Å²) < 4.78 is 1.83. The van der Waals surface area contributed by atoms with E-state index in [1.54, 1.807) is 0 Å². The van der Waals surface area contributed by atoms with Crippen LogP contribution in [0.3, 0.4) is 0 Å². The van der Waals surface area contributed by atoms with E-state index >= 15 is 0 Å². The summed E-state index contributed by atoms with van der Waals surface area (Å²) in [6.07, 6.45) is 0. The third-order valence-corrected chi connectivity index (χ3v) is 3.09. The molecule has 0 saturated carbocycles. The van der Waals surface area contributed by atoms with E-state index in [1.165, 1.54) is 0 Å². The Morgan fingerprint density at radius 2 is 1.50 bits per heavy atom. The van der Waals surface area contributed by atoms with Crippen LogP contribution in [0, 0.1) is 0 Å². The van der Waals surface area contributed by atoms with Crippen LogP contribution >= 0.6 is 43.5 Å². The molecule has 1 aromatic rings. The second-order valence-corrected chi connectivity index (χ2v) is 3.62. The molecule has 0 unspecified atom stereocenters. The second-order valence-electron chi connectivity index (χ2n) is 1.54. The van der Waals surface area contributed by atoms with Gasteiger partial charge in [0.1, 0.15) is 0 Å². The van der Waals surface area contributed by atoms with Gasteiger partial charge in [0.25, 0.3) is 0 Å². The molecule has 0 atom stereocenters. The normalized spacial score (nSPS) is 8.70. The van der Waals surface area contributed by atoms with Gasteiger partial charge in [-0.2, -0.15) is 0 Å². The van der Waals surface area contributed by atoms with Crippen molar-refractivity contribution in [1.82, 2.24) is 0 Å². The molecule has 0 spiro atoms. The molecule has 49 valence electrons. The molecule has 0 amide bonds. The van der Waals surface area contributed by atoms with Crippen LogP contribution < -0.4 is 0 Å². The van der Waals surface area contributed by atoms with E-state index in [0.717, 1.165) is 14.0 Å². The quantitative estimate of drug-likeness (QED) is 0.508. The molecule has 0 aliphatic heterocycles. The minimum absolute atomic E-state index is 0. The van der Waals surface area contributed by atoms with Crippen molar-refractivity contribution in [3.63, 3.8) is 0 Å². The van der Waals surface area contributed by atoms with E-state index in [2.05, 4.69) is 31.9 Å². The van der Waals surface area contributed by atoms with Gasteiger partial charge < -0.3 is 0 Å². The Labute approximate surface area is 124 Å². The molecule has 0 nitrogen and oxygen atoms in total. The number of hydrogen-bond acceptors (Lipinski definition) is 0. The summed E-state index contributed by atoms with van der Waals surface area (Å²) in [7, 11) is 0. The number of halogens is 3. The first kappa shape index (κ1) is 12.1. The van der Waals surface area contributed by atoms with Crippen LogP contribution in [-0.2, 0) is 0 Å². The number of rotatable bonds is 0. The Hall–Kier alpha value is 2.11. The Morgan fingerprint density at radius 3 is 1.80 bits per heavy atom. The minimum Gasteiger partial charge on any atom is -0.0819 e. The van der Waals surface area contributed by atoms with Crippen LogP contribution in [0.15, 0.2) is 27.1 Å². The van der Waals surface area contributed by atoms with Gasteiger partial charge in [-0.3, -0.25) is 0 Å². The van der Waals surface area contributed by atoms with Gasteiger partial charge in [0.05, 0.1) is 5.02 Å². The number of benzene rings is 1. The predicted molar refractivity (Wildman–Crippen MR) is 52.6 cm³/mol. The maximum absolute atomic E-state index is 5.78. The van der Waals surface area contributed by atoms with E-state index < -0.39 is 0 Å². The summed E-state index contributed by atoms with van der Waals surface area (Å²) >= 11 is 12.4. The molecule has 0 N–H and O–H groups in total. The Bertz CT molecular complexity index is 207. The van der Waals surface area contributed by atoms with E-state index in [9.17, 15) is 0 Å².